The number of hydrogen-bond donors (Lipinski definition) is 1. The number of rotatable bonds is 5. The molecule has 1 heterocycles. The van der Waals surface area contributed by atoms with Crippen LogP contribution in [0.2, 0.25) is 0 Å². The van der Waals surface area contributed by atoms with Crippen molar-refractivity contribution in [2.24, 2.45) is 0 Å². The van der Waals surface area contributed by atoms with E-state index in [1.807, 2.05) is 35.2 Å². The van der Waals surface area contributed by atoms with Crippen LogP contribution in [-0.2, 0) is 6.61 Å². The van der Waals surface area contributed by atoms with E-state index in [9.17, 15) is 4.79 Å². The minimum Gasteiger partial charge on any atom is -0.493 e. The number of benzene rings is 2. The maximum absolute atomic E-state index is 12.8. The van der Waals surface area contributed by atoms with Gasteiger partial charge in [0.2, 0.25) is 0 Å². The van der Waals surface area contributed by atoms with E-state index in [0.29, 0.717) is 29.4 Å². The first-order chi connectivity index (χ1) is 12.2. The molecule has 132 valence electrons. The summed E-state index contributed by atoms with van der Waals surface area (Å²) < 4.78 is 11.3. The van der Waals surface area contributed by atoms with Crippen LogP contribution in [-0.4, -0.2) is 31.0 Å². The molecule has 1 fully saturated rings. The average Bonchev–Trinajstić information content (AvgIpc) is 2.67. The molecule has 5 heteroatoms. The second-order valence-corrected chi connectivity index (χ2v) is 6.22. The van der Waals surface area contributed by atoms with Gasteiger partial charge in [-0.3, -0.25) is 4.79 Å². The Kier molecular flexibility index (Phi) is 5.43. The van der Waals surface area contributed by atoms with Crippen LogP contribution in [0.3, 0.4) is 0 Å². The van der Waals surface area contributed by atoms with E-state index in [2.05, 4.69) is 0 Å². The zero-order valence-corrected chi connectivity index (χ0v) is 14.5. The topological polar surface area (TPSA) is 64.8 Å². The zero-order chi connectivity index (χ0) is 17.6. The second kappa shape index (κ2) is 7.92. The van der Waals surface area contributed by atoms with E-state index in [1.165, 1.54) is 6.42 Å². The van der Waals surface area contributed by atoms with Crippen molar-refractivity contribution >= 4 is 11.6 Å². The van der Waals surface area contributed by atoms with Crippen molar-refractivity contribution in [1.29, 1.82) is 0 Å². The fourth-order valence-corrected chi connectivity index (χ4v) is 3.04. The first-order valence-corrected chi connectivity index (χ1v) is 8.62. The van der Waals surface area contributed by atoms with E-state index in [4.69, 9.17) is 15.2 Å². The summed E-state index contributed by atoms with van der Waals surface area (Å²) in [6, 6.07) is 13.2. The maximum atomic E-state index is 12.8. The van der Waals surface area contributed by atoms with Gasteiger partial charge in [0.05, 0.1) is 12.7 Å². The number of ether oxygens (including phenoxy) is 2. The highest BCUT2D eigenvalue weighted by Crippen LogP contribution is 2.33. The van der Waals surface area contributed by atoms with Gasteiger partial charge in [-0.2, -0.15) is 0 Å². The Labute approximate surface area is 148 Å². The third kappa shape index (κ3) is 4.05. The molecule has 0 spiro atoms. The first-order valence-electron chi connectivity index (χ1n) is 8.62. The lowest BCUT2D eigenvalue weighted by atomic mass is 10.1. The monoisotopic (exact) mass is 340 g/mol. The first kappa shape index (κ1) is 17.1. The van der Waals surface area contributed by atoms with E-state index >= 15 is 0 Å². The molecule has 0 unspecified atom stereocenters. The summed E-state index contributed by atoms with van der Waals surface area (Å²) in [5.41, 5.74) is 8.04. The number of methoxy groups -OCH3 is 1. The van der Waals surface area contributed by atoms with Crippen LogP contribution < -0.4 is 15.2 Å². The molecule has 0 bridgehead atoms. The molecule has 25 heavy (non-hydrogen) atoms. The molecule has 0 aliphatic carbocycles. The van der Waals surface area contributed by atoms with Gasteiger partial charge in [-0.05, 0) is 30.9 Å². The van der Waals surface area contributed by atoms with Crippen molar-refractivity contribution < 1.29 is 14.3 Å². The number of nitrogen functional groups attached to an aromatic ring is 1. The number of likely N-dealkylation sites (tertiary alicyclic amines) is 1. The summed E-state index contributed by atoms with van der Waals surface area (Å²) in [6.07, 6.45) is 3.26. The van der Waals surface area contributed by atoms with E-state index in [-0.39, 0.29) is 5.91 Å². The van der Waals surface area contributed by atoms with Crippen LogP contribution in [0, 0.1) is 0 Å². The van der Waals surface area contributed by atoms with E-state index in [0.717, 1.165) is 31.5 Å². The molecule has 1 aliphatic rings. The lowest BCUT2D eigenvalue weighted by Crippen LogP contribution is -2.36. The Morgan fingerprint density at radius 2 is 1.80 bits per heavy atom. The summed E-state index contributed by atoms with van der Waals surface area (Å²) >= 11 is 0. The molecule has 1 saturated heterocycles. The zero-order valence-electron chi connectivity index (χ0n) is 14.5. The number of nitrogens with zero attached hydrogens (tertiary/aromatic N) is 1. The summed E-state index contributed by atoms with van der Waals surface area (Å²) in [6.45, 7) is 1.97. The van der Waals surface area contributed by atoms with Gasteiger partial charge in [0.15, 0.2) is 11.5 Å². The Hall–Kier alpha value is -2.69. The molecule has 0 aromatic heterocycles. The third-order valence-electron chi connectivity index (χ3n) is 4.45. The third-order valence-corrected chi connectivity index (χ3v) is 4.45. The van der Waals surface area contributed by atoms with Crippen LogP contribution in [0.25, 0.3) is 0 Å². The minimum atomic E-state index is -0.0376. The SMILES string of the molecule is COc1cc(N)c(C(=O)N2CCCCC2)cc1OCc1ccccc1. The largest absolute Gasteiger partial charge is 0.493 e. The fraction of sp³-hybridized carbons (Fsp3) is 0.350. The van der Waals surface area contributed by atoms with Crippen molar-refractivity contribution in [2.45, 2.75) is 25.9 Å². The van der Waals surface area contributed by atoms with Crippen LogP contribution in [0.1, 0.15) is 35.2 Å². The minimum absolute atomic E-state index is 0.0376. The molecule has 0 atom stereocenters. The molecule has 0 saturated carbocycles. The summed E-state index contributed by atoms with van der Waals surface area (Å²) in [7, 11) is 1.57. The highest BCUT2D eigenvalue weighted by atomic mass is 16.5. The van der Waals surface area contributed by atoms with Gasteiger partial charge < -0.3 is 20.1 Å². The molecule has 2 N–H and O–H groups in total. The van der Waals surface area contributed by atoms with E-state index in [1.54, 1.807) is 19.2 Å². The molecule has 3 rings (SSSR count). The van der Waals surface area contributed by atoms with Gasteiger partial charge in [0.25, 0.3) is 5.91 Å². The lowest BCUT2D eigenvalue weighted by molar-refractivity contribution is 0.0725. The number of carbonyl (C=O) groups is 1. The van der Waals surface area contributed by atoms with Crippen molar-refractivity contribution in [3.05, 3.63) is 53.6 Å². The van der Waals surface area contributed by atoms with E-state index < -0.39 is 0 Å². The Bertz CT molecular complexity index is 725. The molecule has 1 aliphatic heterocycles. The quantitative estimate of drug-likeness (QED) is 0.846. The van der Waals surface area contributed by atoms with Crippen LogP contribution in [0.15, 0.2) is 42.5 Å². The standard InChI is InChI=1S/C20H24N2O3/c1-24-18-13-17(21)16(20(23)22-10-6-3-7-11-22)12-19(18)25-14-15-8-4-2-5-9-15/h2,4-5,8-9,12-13H,3,6-7,10-11,14,21H2,1H3. The summed E-state index contributed by atoms with van der Waals surface area (Å²) in [5, 5.41) is 0. The van der Waals surface area contributed by atoms with Crippen molar-refractivity contribution in [3.63, 3.8) is 0 Å². The molecule has 0 radical (unpaired) electrons. The number of piperidine rings is 1. The number of anilines is 1. The summed E-state index contributed by atoms with van der Waals surface area (Å²) in [5.74, 6) is 1.02. The molecular weight excluding hydrogens is 316 g/mol. The van der Waals surface area contributed by atoms with Gasteiger partial charge in [0, 0.05) is 24.8 Å². The molecule has 2 aromatic rings. The van der Waals surface area contributed by atoms with Crippen LogP contribution in [0.5, 0.6) is 11.5 Å². The van der Waals surface area contributed by atoms with Crippen LogP contribution >= 0.6 is 0 Å². The predicted molar refractivity (Wildman–Crippen MR) is 97.9 cm³/mol. The number of hydrogen-bond acceptors (Lipinski definition) is 4. The summed E-state index contributed by atoms with van der Waals surface area (Å²) in [4.78, 5) is 14.7. The smallest absolute Gasteiger partial charge is 0.256 e. The average molecular weight is 340 g/mol. The van der Waals surface area contributed by atoms with Gasteiger partial charge in [-0.1, -0.05) is 30.3 Å². The Morgan fingerprint density at radius 3 is 2.48 bits per heavy atom. The number of nitrogens with two attached hydrogens (primary N) is 1. The Balaban J connectivity index is 1.82. The highest BCUT2D eigenvalue weighted by Gasteiger charge is 2.22. The molecule has 1 amide bonds. The Morgan fingerprint density at radius 1 is 1.08 bits per heavy atom. The lowest BCUT2D eigenvalue weighted by Gasteiger charge is -2.27. The van der Waals surface area contributed by atoms with Crippen molar-refractivity contribution in [3.8, 4) is 11.5 Å². The fourth-order valence-electron chi connectivity index (χ4n) is 3.04. The van der Waals surface area contributed by atoms with Crippen molar-refractivity contribution in [2.75, 3.05) is 25.9 Å². The normalized spacial score (nSPS) is 14.2. The predicted octanol–water partition coefficient (Wildman–Crippen LogP) is 3.48. The van der Waals surface area contributed by atoms with Gasteiger partial charge in [-0.25, -0.2) is 0 Å². The molecule has 5 nitrogen and oxygen atoms in total. The number of carbonyl (C=O) groups excluding carboxylic acids is 1. The molecular formula is C20H24N2O3. The second-order valence-electron chi connectivity index (χ2n) is 6.22. The van der Waals surface area contributed by atoms with Gasteiger partial charge in [0.1, 0.15) is 6.61 Å². The number of amides is 1. The van der Waals surface area contributed by atoms with Crippen molar-refractivity contribution in [1.82, 2.24) is 4.90 Å². The highest BCUT2D eigenvalue weighted by molar-refractivity contribution is 6.00. The molecule has 2 aromatic carbocycles. The van der Waals surface area contributed by atoms with Crippen LogP contribution in [0.4, 0.5) is 5.69 Å². The van der Waals surface area contributed by atoms with Gasteiger partial charge >= 0.3 is 0 Å². The maximum Gasteiger partial charge on any atom is 0.256 e. The van der Waals surface area contributed by atoms with Gasteiger partial charge in [-0.15, -0.1) is 0 Å².